The summed E-state index contributed by atoms with van der Waals surface area (Å²) in [7, 11) is 0. The number of alkyl halides is 1. The minimum absolute atomic E-state index is 0.493. The summed E-state index contributed by atoms with van der Waals surface area (Å²) in [6.45, 7) is 0.692. The normalized spacial score (nSPS) is 15.4. The number of nitrogens with zero attached hydrogens (tertiary/aromatic N) is 1. The summed E-state index contributed by atoms with van der Waals surface area (Å²) in [5.74, 6) is 7.86. The van der Waals surface area contributed by atoms with Crippen LogP contribution in [0.4, 0.5) is 0 Å². The summed E-state index contributed by atoms with van der Waals surface area (Å²) >= 11 is 5.60. The van der Waals surface area contributed by atoms with E-state index in [2.05, 4.69) is 41.1 Å². The van der Waals surface area contributed by atoms with E-state index in [4.69, 9.17) is 16.3 Å². The van der Waals surface area contributed by atoms with E-state index in [-0.39, 0.29) is 0 Å². The van der Waals surface area contributed by atoms with E-state index in [1.165, 1.54) is 11.1 Å². The molecule has 0 spiro atoms. The van der Waals surface area contributed by atoms with Gasteiger partial charge in [-0.2, -0.15) is 0 Å². The van der Waals surface area contributed by atoms with E-state index in [9.17, 15) is 0 Å². The third-order valence-corrected chi connectivity index (χ3v) is 3.77. The van der Waals surface area contributed by atoms with Gasteiger partial charge < -0.3 is 4.74 Å². The fourth-order valence-corrected chi connectivity index (χ4v) is 2.58. The van der Waals surface area contributed by atoms with Crippen molar-refractivity contribution >= 4 is 11.6 Å². The largest absolute Gasteiger partial charge is 0.491 e. The number of ether oxygens (including phenoxy) is 1. The Balaban J connectivity index is 1.60. The molecule has 1 unspecified atom stereocenters. The van der Waals surface area contributed by atoms with Gasteiger partial charge in [0, 0.05) is 30.0 Å². The lowest BCUT2D eigenvalue weighted by Gasteiger charge is -2.29. The lowest BCUT2D eigenvalue weighted by Crippen LogP contribution is -2.23. The Labute approximate surface area is 130 Å². The van der Waals surface area contributed by atoms with Crippen LogP contribution in [-0.4, -0.2) is 17.5 Å². The molecule has 0 radical (unpaired) electrons. The molecule has 106 valence electrons. The standard InChI is InChI=1S/C18H16ClNO/c19-8-4-3-5-14-9-17(12-20-11-14)21-13-16-10-15-6-1-2-7-18(15)16/h1-2,6-7,9,11-12,16H,4,8,10,13H2. The van der Waals surface area contributed by atoms with Crippen LogP contribution in [0.5, 0.6) is 5.75 Å². The summed E-state index contributed by atoms with van der Waals surface area (Å²) in [6.07, 6.45) is 5.26. The topological polar surface area (TPSA) is 22.1 Å². The summed E-state index contributed by atoms with van der Waals surface area (Å²) < 4.78 is 5.86. The molecule has 0 saturated carbocycles. The van der Waals surface area contributed by atoms with Crippen molar-refractivity contribution in [2.24, 2.45) is 0 Å². The van der Waals surface area contributed by atoms with Crippen LogP contribution in [0.2, 0.25) is 0 Å². The van der Waals surface area contributed by atoms with Gasteiger partial charge in [0.2, 0.25) is 0 Å². The molecule has 0 aliphatic heterocycles. The zero-order chi connectivity index (χ0) is 14.5. The summed E-state index contributed by atoms with van der Waals surface area (Å²) in [4.78, 5) is 4.17. The molecule has 0 fully saturated rings. The van der Waals surface area contributed by atoms with Gasteiger partial charge in [-0.3, -0.25) is 4.98 Å². The van der Waals surface area contributed by atoms with Gasteiger partial charge in [0.05, 0.1) is 12.8 Å². The predicted octanol–water partition coefficient (Wildman–Crippen LogP) is 3.78. The zero-order valence-electron chi connectivity index (χ0n) is 11.7. The first kappa shape index (κ1) is 14.0. The number of hydrogen-bond donors (Lipinski definition) is 0. The Morgan fingerprint density at radius 3 is 3.05 bits per heavy atom. The van der Waals surface area contributed by atoms with Crippen molar-refractivity contribution in [3.63, 3.8) is 0 Å². The van der Waals surface area contributed by atoms with Crippen LogP contribution in [0.3, 0.4) is 0 Å². The first-order valence-corrected chi connectivity index (χ1v) is 7.61. The van der Waals surface area contributed by atoms with Crippen molar-refractivity contribution in [1.82, 2.24) is 4.98 Å². The van der Waals surface area contributed by atoms with Gasteiger partial charge >= 0.3 is 0 Å². The molecule has 2 aromatic rings. The molecule has 0 N–H and O–H groups in total. The molecule has 3 heteroatoms. The molecule has 3 rings (SSSR count). The summed E-state index contributed by atoms with van der Waals surface area (Å²) in [5.41, 5.74) is 3.71. The minimum Gasteiger partial charge on any atom is -0.491 e. The van der Waals surface area contributed by atoms with Gasteiger partial charge in [-0.1, -0.05) is 36.1 Å². The first-order chi connectivity index (χ1) is 10.4. The van der Waals surface area contributed by atoms with E-state index in [1.807, 2.05) is 6.07 Å². The highest BCUT2D eigenvalue weighted by Gasteiger charge is 2.25. The highest BCUT2D eigenvalue weighted by molar-refractivity contribution is 6.18. The average molecular weight is 298 g/mol. The highest BCUT2D eigenvalue weighted by atomic mass is 35.5. The molecular weight excluding hydrogens is 282 g/mol. The zero-order valence-corrected chi connectivity index (χ0v) is 12.4. The third kappa shape index (κ3) is 3.37. The minimum atomic E-state index is 0.493. The quantitative estimate of drug-likeness (QED) is 0.633. The average Bonchev–Trinajstić information content (AvgIpc) is 2.49. The molecule has 0 amide bonds. The van der Waals surface area contributed by atoms with Crippen LogP contribution in [0.25, 0.3) is 0 Å². The van der Waals surface area contributed by atoms with Crippen molar-refractivity contribution < 1.29 is 4.74 Å². The molecule has 21 heavy (non-hydrogen) atoms. The van der Waals surface area contributed by atoms with Gasteiger partial charge in [0.25, 0.3) is 0 Å². The van der Waals surface area contributed by atoms with Crippen molar-refractivity contribution in [3.8, 4) is 17.6 Å². The van der Waals surface area contributed by atoms with Crippen molar-refractivity contribution in [2.45, 2.75) is 18.8 Å². The SMILES string of the molecule is ClCCC#Cc1cncc(OCC2Cc3ccccc32)c1. The predicted molar refractivity (Wildman–Crippen MR) is 84.8 cm³/mol. The molecule has 1 aliphatic carbocycles. The van der Waals surface area contributed by atoms with Crippen LogP contribution < -0.4 is 4.74 Å². The van der Waals surface area contributed by atoms with Gasteiger partial charge in [-0.15, -0.1) is 11.6 Å². The van der Waals surface area contributed by atoms with Crippen LogP contribution >= 0.6 is 11.6 Å². The van der Waals surface area contributed by atoms with Gasteiger partial charge in [0.15, 0.2) is 0 Å². The van der Waals surface area contributed by atoms with E-state index >= 15 is 0 Å². The summed E-state index contributed by atoms with van der Waals surface area (Å²) in [6, 6.07) is 10.5. The van der Waals surface area contributed by atoms with E-state index in [1.54, 1.807) is 12.4 Å². The number of aromatic nitrogens is 1. The molecular formula is C18H16ClNO. The second-order valence-electron chi connectivity index (χ2n) is 5.06. The van der Waals surface area contributed by atoms with Crippen LogP contribution in [0.1, 0.15) is 29.0 Å². The summed E-state index contributed by atoms with van der Waals surface area (Å²) in [5, 5.41) is 0. The molecule has 1 atom stereocenters. The van der Waals surface area contributed by atoms with Crippen LogP contribution in [0, 0.1) is 11.8 Å². The van der Waals surface area contributed by atoms with Crippen LogP contribution in [0.15, 0.2) is 42.7 Å². The van der Waals surface area contributed by atoms with Crippen LogP contribution in [-0.2, 0) is 6.42 Å². The monoisotopic (exact) mass is 297 g/mol. The Morgan fingerprint density at radius 1 is 1.29 bits per heavy atom. The fourth-order valence-electron chi connectivity index (χ4n) is 2.49. The third-order valence-electron chi connectivity index (χ3n) is 3.58. The highest BCUT2D eigenvalue weighted by Crippen LogP contribution is 2.35. The van der Waals surface area contributed by atoms with E-state index in [0.717, 1.165) is 17.7 Å². The molecule has 0 bridgehead atoms. The first-order valence-electron chi connectivity index (χ1n) is 7.07. The number of halogens is 1. The Morgan fingerprint density at radius 2 is 2.19 bits per heavy atom. The molecule has 1 aromatic heterocycles. The lowest BCUT2D eigenvalue weighted by molar-refractivity contribution is 0.274. The fraction of sp³-hybridized carbons (Fsp3) is 0.278. The molecule has 1 aromatic carbocycles. The second-order valence-corrected chi connectivity index (χ2v) is 5.44. The smallest absolute Gasteiger partial charge is 0.138 e. The number of hydrogen-bond acceptors (Lipinski definition) is 2. The Bertz CT molecular complexity index is 687. The maximum absolute atomic E-state index is 5.86. The van der Waals surface area contributed by atoms with Crippen molar-refractivity contribution in [1.29, 1.82) is 0 Å². The van der Waals surface area contributed by atoms with Gasteiger partial charge in [0.1, 0.15) is 5.75 Å². The number of pyridine rings is 1. The van der Waals surface area contributed by atoms with Crippen molar-refractivity contribution in [3.05, 3.63) is 59.4 Å². The van der Waals surface area contributed by atoms with E-state index < -0.39 is 0 Å². The number of rotatable bonds is 4. The Hall–Kier alpha value is -1.98. The molecule has 1 heterocycles. The maximum atomic E-state index is 5.86. The molecule has 0 saturated heterocycles. The Kier molecular flexibility index (Phi) is 4.43. The van der Waals surface area contributed by atoms with Gasteiger partial charge in [-0.25, -0.2) is 0 Å². The maximum Gasteiger partial charge on any atom is 0.138 e. The lowest BCUT2D eigenvalue weighted by atomic mass is 9.78. The number of fused-ring (bicyclic) bond motifs is 1. The van der Waals surface area contributed by atoms with Gasteiger partial charge in [-0.05, 0) is 23.6 Å². The van der Waals surface area contributed by atoms with Crippen molar-refractivity contribution in [2.75, 3.05) is 12.5 Å². The number of benzene rings is 1. The molecule has 1 aliphatic rings. The second kappa shape index (κ2) is 6.65. The van der Waals surface area contributed by atoms with E-state index in [0.29, 0.717) is 24.8 Å². The molecule has 2 nitrogen and oxygen atoms in total.